The third kappa shape index (κ3) is 4.62. The summed E-state index contributed by atoms with van der Waals surface area (Å²) in [5.41, 5.74) is 1.22. The Hall–Kier alpha value is -1.39. The van der Waals surface area contributed by atoms with E-state index in [0.29, 0.717) is 19.6 Å². The molecular formula is C16H22O4. The van der Waals surface area contributed by atoms with Crippen LogP contribution < -0.4 is 4.74 Å². The van der Waals surface area contributed by atoms with E-state index in [1.807, 2.05) is 38.1 Å². The van der Waals surface area contributed by atoms with Crippen LogP contribution in [-0.4, -0.2) is 31.4 Å². The molecule has 0 unspecified atom stereocenters. The van der Waals surface area contributed by atoms with E-state index in [0.717, 1.165) is 24.9 Å². The summed E-state index contributed by atoms with van der Waals surface area (Å²) in [5, 5.41) is 0. The van der Waals surface area contributed by atoms with Crippen LogP contribution in [0.15, 0.2) is 24.3 Å². The number of unbranched alkanes of at least 4 members (excludes halogenated alkanes) is 1. The number of benzene rings is 1. The molecule has 1 fully saturated rings. The molecule has 0 aromatic heterocycles. The number of aryl methyl sites for hydroxylation is 1. The van der Waals surface area contributed by atoms with Crippen molar-refractivity contribution in [1.82, 2.24) is 0 Å². The van der Waals surface area contributed by atoms with Crippen molar-refractivity contribution in [2.75, 3.05) is 13.2 Å². The third-order valence-electron chi connectivity index (χ3n) is 3.21. The molecule has 0 spiro atoms. The van der Waals surface area contributed by atoms with Gasteiger partial charge in [0, 0.05) is 6.42 Å². The van der Waals surface area contributed by atoms with Gasteiger partial charge < -0.3 is 19.0 Å². The van der Waals surface area contributed by atoms with Gasteiger partial charge in [-0.1, -0.05) is 12.1 Å². The first-order valence-corrected chi connectivity index (χ1v) is 7.06. The average Bonchev–Trinajstić information content (AvgIpc) is 2.78. The maximum atomic E-state index is 10.3. The average molecular weight is 278 g/mol. The van der Waals surface area contributed by atoms with Gasteiger partial charge in [-0.2, -0.15) is 0 Å². The number of hydrogen-bond acceptors (Lipinski definition) is 4. The summed E-state index contributed by atoms with van der Waals surface area (Å²) >= 11 is 0. The fraction of sp³-hybridized carbons (Fsp3) is 0.562. The van der Waals surface area contributed by atoms with Crippen LogP contribution in [-0.2, 0) is 20.7 Å². The molecule has 1 aromatic rings. The highest BCUT2D eigenvalue weighted by Gasteiger charge is 2.32. The van der Waals surface area contributed by atoms with Crippen LogP contribution >= 0.6 is 0 Å². The Morgan fingerprint density at radius 1 is 1.35 bits per heavy atom. The quantitative estimate of drug-likeness (QED) is 0.568. The summed E-state index contributed by atoms with van der Waals surface area (Å²) in [5.74, 6) is 0.327. The molecule has 4 nitrogen and oxygen atoms in total. The normalized spacial score (nSPS) is 20.8. The maximum absolute atomic E-state index is 10.3. The lowest BCUT2D eigenvalue weighted by atomic mass is 10.1. The van der Waals surface area contributed by atoms with Crippen molar-refractivity contribution in [2.24, 2.45) is 0 Å². The molecule has 4 heteroatoms. The number of carbonyl (C=O) groups excluding carboxylic acids is 1. The van der Waals surface area contributed by atoms with Crippen LogP contribution in [0.4, 0.5) is 0 Å². The molecule has 110 valence electrons. The molecular weight excluding hydrogens is 256 g/mol. The van der Waals surface area contributed by atoms with Crippen LogP contribution in [0.2, 0.25) is 0 Å². The van der Waals surface area contributed by atoms with Crippen molar-refractivity contribution in [2.45, 2.75) is 45.0 Å². The number of ether oxygens (including phenoxy) is 3. The zero-order valence-corrected chi connectivity index (χ0v) is 12.1. The van der Waals surface area contributed by atoms with Gasteiger partial charge in [0.25, 0.3) is 0 Å². The third-order valence-corrected chi connectivity index (χ3v) is 3.21. The van der Waals surface area contributed by atoms with Crippen molar-refractivity contribution in [1.29, 1.82) is 0 Å². The van der Waals surface area contributed by atoms with E-state index in [-0.39, 0.29) is 6.10 Å². The lowest BCUT2D eigenvalue weighted by Crippen LogP contribution is -2.25. The molecule has 0 radical (unpaired) electrons. The largest absolute Gasteiger partial charge is 0.491 e. The highest BCUT2D eigenvalue weighted by molar-refractivity contribution is 5.49. The molecule has 20 heavy (non-hydrogen) atoms. The van der Waals surface area contributed by atoms with Gasteiger partial charge in [0.2, 0.25) is 0 Å². The van der Waals surface area contributed by atoms with Gasteiger partial charge >= 0.3 is 0 Å². The predicted molar refractivity (Wildman–Crippen MR) is 75.8 cm³/mol. The Morgan fingerprint density at radius 3 is 2.70 bits per heavy atom. The fourth-order valence-electron chi connectivity index (χ4n) is 2.18. The minimum absolute atomic E-state index is 0.0164. The van der Waals surface area contributed by atoms with Crippen molar-refractivity contribution < 1.29 is 19.0 Å². The first-order valence-electron chi connectivity index (χ1n) is 7.06. The monoisotopic (exact) mass is 278 g/mol. The van der Waals surface area contributed by atoms with Gasteiger partial charge in [-0.15, -0.1) is 0 Å². The van der Waals surface area contributed by atoms with Gasteiger partial charge in [0.05, 0.1) is 6.61 Å². The molecule has 1 saturated heterocycles. The van der Waals surface area contributed by atoms with Gasteiger partial charge in [-0.05, 0) is 44.4 Å². The maximum Gasteiger partial charge on any atom is 0.163 e. The van der Waals surface area contributed by atoms with Crippen LogP contribution in [0.1, 0.15) is 32.3 Å². The van der Waals surface area contributed by atoms with Crippen molar-refractivity contribution in [3.63, 3.8) is 0 Å². The Labute approximate surface area is 120 Å². The molecule has 0 N–H and O–H groups in total. The van der Waals surface area contributed by atoms with Gasteiger partial charge in [-0.3, -0.25) is 0 Å². The van der Waals surface area contributed by atoms with Crippen LogP contribution in [0, 0.1) is 0 Å². The molecule has 2 rings (SSSR count). The Bertz CT molecular complexity index is 425. The Balaban J connectivity index is 1.75. The smallest absolute Gasteiger partial charge is 0.163 e. The fourth-order valence-corrected chi connectivity index (χ4v) is 2.18. The van der Waals surface area contributed by atoms with E-state index in [1.54, 1.807) is 0 Å². The summed E-state index contributed by atoms with van der Waals surface area (Å²) in [4.78, 5) is 10.3. The summed E-state index contributed by atoms with van der Waals surface area (Å²) in [6.45, 7) is 4.87. The van der Waals surface area contributed by atoms with Crippen molar-refractivity contribution in [3.8, 4) is 5.75 Å². The molecule has 1 aromatic carbocycles. The molecule has 1 aliphatic rings. The van der Waals surface area contributed by atoms with E-state index < -0.39 is 5.79 Å². The second-order valence-electron chi connectivity index (χ2n) is 5.46. The Morgan fingerprint density at radius 2 is 2.10 bits per heavy atom. The Kier molecular flexibility index (Phi) is 5.15. The zero-order valence-electron chi connectivity index (χ0n) is 12.1. The van der Waals surface area contributed by atoms with E-state index in [1.165, 1.54) is 5.56 Å². The van der Waals surface area contributed by atoms with Gasteiger partial charge in [0.1, 0.15) is 24.7 Å². The molecule has 0 aliphatic carbocycles. The first-order chi connectivity index (χ1) is 9.59. The highest BCUT2D eigenvalue weighted by Crippen LogP contribution is 2.23. The SMILES string of the molecule is CC1(C)OC[C@@H](COc2ccc(CCCC=O)cc2)O1. The summed E-state index contributed by atoms with van der Waals surface area (Å²) in [6, 6.07) is 7.99. The first kappa shape index (κ1) is 15.0. The minimum Gasteiger partial charge on any atom is -0.491 e. The number of rotatable bonds is 7. The highest BCUT2D eigenvalue weighted by atomic mass is 16.7. The second kappa shape index (κ2) is 6.86. The van der Waals surface area contributed by atoms with E-state index in [9.17, 15) is 4.79 Å². The van der Waals surface area contributed by atoms with Gasteiger partial charge in [0.15, 0.2) is 5.79 Å². The molecule has 1 heterocycles. The summed E-state index contributed by atoms with van der Waals surface area (Å²) < 4.78 is 16.9. The summed E-state index contributed by atoms with van der Waals surface area (Å²) in [6.07, 6.45) is 3.38. The van der Waals surface area contributed by atoms with Crippen LogP contribution in [0.3, 0.4) is 0 Å². The van der Waals surface area contributed by atoms with E-state index in [2.05, 4.69) is 0 Å². The predicted octanol–water partition coefficient (Wildman–Crippen LogP) is 2.74. The molecule has 0 saturated carbocycles. The standard InChI is InChI=1S/C16H22O4/c1-16(2)19-12-15(20-16)11-18-14-8-6-13(7-9-14)5-3-4-10-17/h6-10,15H,3-5,11-12H2,1-2H3/t15-/m1/s1. The number of hydrogen-bond donors (Lipinski definition) is 0. The molecule has 0 amide bonds. The van der Waals surface area contributed by atoms with E-state index in [4.69, 9.17) is 14.2 Å². The zero-order chi connectivity index (χ0) is 14.4. The molecule has 1 aliphatic heterocycles. The van der Waals surface area contributed by atoms with Crippen LogP contribution in [0.5, 0.6) is 5.75 Å². The topological polar surface area (TPSA) is 44.8 Å². The number of aldehydes is 1. The second-order valence-corrected chi connectivity index (χ2v) is 5.46. The van der Waals surface area contributed by atoms with Crippen molar-refractivity contribution in [3.05, 3.63) is 29.8 Å². The minimum atomic E-state index is -0.504. The lowest BCUT2D eigenvalue weighted by Gasteiger charge is -2.17. The van der Waals surface area contributed by atoms with E-state index >= 15 is 0 Å². The lowest BCUT2D eigenvalue weighted by molar-refractivity contribution is -0.141. The van der Waals surface area contributed by atoms with Crippen LogP contribution in [0.25, 0.3) is 0 Å². The molecule has 0 bridgehead atoms. The number of carbonyl (C=O) groups is 1. The van der Waals surface area contributed by atoms with Crippen molar-refractivity contribution >= 4 is 6.29 Å². The summed E-state index contributed by atoms with van der Waals surface area (Å²) in [7, 11) is 0. The van der Waals surface area contributed by atoms with Gasteiger partial charge in [-0.25, -0.2) is 0 Å². The molecule has 1 atom stereocenters.